The van der Waals surface area contributed by atoms with Gasteiger partial charge in [-0.1, -0.05) is 36.8 Å². The summed E-state index contributed by atoms with van der Waals surface area (Å²) in [7, 11) is 0. The molecule has 7 nitrogen and oxygen atoms in total. The molecule has 1 fully saturated rings. The van der Waals surface area contributed by atoms with Crippen LogP contribution in [0, 0.1) is 5.92 Å². The summed E-state index contributed by atoms with van der Waals surface area (Å²) in [6.07, 6.45) is 1.91. The van der Waals surface area contributed by atoms with E-state index >= 15 is 0 Å². The van der Waals surface area contributed by atoms with E-state index in [9.17, 15) is 14.4 Å². The summed E-state index contributed by atoms with van der Waals surface area (Å²) in [5, 5.41) is 0. The van der Waals surface area contributed by atoms with E-state index in [-0.39, 0.29) is 25.0 Å². The molecule has 1 aliphatic carbocycles. The smallest absolute Gasteiger partial charge is 0.413 e. The van der Waals surface area contributed by atoms with Crippen molar-refractivity contribution in [1.82, 2.24) is 4.90 Å². The Hall–Kier alpha value is -2.57. The molecule has 0 radical (unpaired) electrons. The molecule has 0 atom stereocenters. The molecule has 0 N–H and O–H groups in total. The van der Waals surface area contributed by atoms with Gasteiger partial charge in [-0.05, 0) is 39.2 Å². The molecule has 1 amide bonds. The highest BCUT2D eigenvalue weighted by Gasteiger charge is 2.31. The largest absolute Gasteiger partial charge is 0.459 e. The van der Waals surface area contributed by atoms with E-state index in [1.165, 1.54) is 4.90 Å². The van der Waals surface area contributed by atoms with Crippen molar-refractivity contribution in [3.63, 3.8) is 0 Å². The Morgan fingerprint density at radius 1 is 1.04 bits per heavy atom. The topological polar surface area (TPSA) is 82.1 Å². The van der Waals surface area contributed by atoms with Crippen LogP contribution >= 0.6 is 0 Å². The third kappa shape index (κ3) is 6.58. The highest BCUT2D eigenvalue weighted by molar-refractivity contribution is 5.79. The fourth-order valence-electron chi connectivity index (χ4n) is 2.47. The second-order valence-electron chi connectivity index (χ2n) is 7.52. The number of amides is 1. The summed E-state index contributed by atoms with van der Waals surface area (Å²) in [6.45, 7) is 4.74. The lowest BCUT2D eigenvalue weighted by Gasteiger charge is -2.33. The third-order valence-corrected chi connectivity index (χ3v) is 4.38. The van der Waals surface area contributed by atoms with Crippen LogP contribution in [0.3, 0.4) is 0 Å². The summed E-state index contributed by atoms with van der Waals surface area (Å²) >= 11 is 0. The molecule has 1 aromatic rings. The Balaban J connectivity index is 1.81. The van der Waals surface area contributed by atoms with Gasteiger partial charge in [-0.3, -0.25) is 14.5 Å². The summed E-state index contributed by atoms with van der Waals surface area (Å²) in [5.74, 6) is -0.980. The molecule has 0 unspecified atom stereocenters. The van der Waals surface area contributed by atoms with Gasteiger partial charge in [-0.2, -0.15) is 0 Å². The fourth-order valence-corrected chi connectivity index (χ4v) is 2.47. The third-order valence-electron chi connectivity index (χ3n) is 4.38. The first-order valence-corrected chi connectivity index (χ1v) is 9.08. The zero-order valence-electron chi connectivity index (χ0n) is 16.1. The highest BCUT2D eigenvalue weighted by atomic mass is 16.7. The number of carbonyl (C=O) groups excluding carboxylic acids is 3. The lowest BCUT2D eigenvalue weighted by molar-refractivity contribution is -0.161. The Kier molecular flexibility index (Phi) is 7.21. The molecular weight excluding hydrogens is 350 g/mol. The molecule has 0 aliphatic heterocycles. The molecule has 7 heteroatoms. The summed E-state index contributed by atoms with van der Waals surface area (Å²) in [5.41, 5.74) is 0.194. The lowest BCUT2D eigenvalue weighted by atomic mass is 9.86. The first-order chi connectivity index (χ1) is 12.8. The average Bonchev–Trinajstić information content (AvgIpc) is 2.56. The van der Waals surface area contributed by atoms with E-state index in [0.717, 1.165) is 24.8 Å². The Morgan fingerprint density at radius 2 is 1.70 bits per heavy atom. The predicted octanol–water partition coefficient (Wildman–Crippen LogP) is 3.27. The van der Waals surface area contributed by atoms with Crippen molar-refractivity contribution in [3.05, 3.63) is 35.9 Å². The van der Waals surface area contributed by atoms with E-state index in [2.05, 4.69) is 0 Å². The van der Waals surface area contributed by atoms with Gasteiger partial charge in [0.25, 0.3) is 0 Å². The van der Waals surface area contributed by atoms with Crippen LogP contribution < -0.4 is 0 Å². The molecule has 27 heavy (non-hydrogen) atoms. The van der Waals surface area contributed by atoms with Crippen LogP contribution in [0.15, 0.2) is 30.3 Å². The zero-order valence-corrected chi connectivity index (χ0v) is 16.1. The van der Waals surface area contributed by atoms with Crippen LogP contribution in [0.2, 0.25) is 0 Å². The zero-order chi connectivity index (χ0) is 19.9. The van der Waals surface area contributed by atoms with Crippen molar-refractivity contribution >= 4 is 18.0 Å². The number of hydrogen-bond acceptors (Lipinski definition) is 6. The number of nitrogens with zero attached hydrogens (tertiary/aromatic N) is 1. The van der Waals surface area contributed by atoms with Gasteiger partial charge < -0.3 is 14.2 Å². The molecule has 148 valence electrons. The van der Waals surface area contributed by atoms with Crippen molar-refractivity contribution in [1.29, 1.82) is 0 Å². The van der Waals surface area contributed by atoms with E-state index < -0.39 is 24.4 Å². The molecule has 0 aromatic heterocycles. The van der Waals surface area contributed by atoms with Gasteiger partial charge in [-0.15, -0.1) is 0 Å². The number of benzene rings is 1. The molecule has 0 heterocycles. The maximum atomic E-state index is 12.3. The molecule has 1 aliphatic rings. The Bertz CT molecular complexity index is 648. The van der Waals surface area contributed by atoms with Gasteiger partial charge >= 0.3 is 18.0 Å². The first-order valence-electron chi connectivity index (χ1n) is 9.08. The van der Waals surface area contributed by atoms with Crippen molar-refractivity contribution in [2.45, 2.75) is 52.2 Å². The minimum atomic E-state index is -0.736. The summed E-state index contributed by atoms with van der Waals surface area (Å²) < 4.78 is 15.2. The fraction of sp³-hybridized carbons (Fsp3) is 0.550. The number of hydrogen-bond donors (Lipinski definition) is 0. The van der Waals surface area contributed by atoms with Crippen LogP contribution in [0.1, 0.15) is 45.6 Å². The van der Waals surface area contributed by atoms with Crippen LogP contribution in [-0.4, -0.2) is 41.8 Å². The van der Waals surface area contributed by atoms with Crippen LogP contribution in [0.5, 0.6) is 0 Å². The van der Waals surface area contributed by atoms with Gasteiger partial charge in [0.05, 0.1) is 5.92 Å². The molecule has 1 aromatic carbocycles. The second-order valence-corrected chi connectivity index (χ2v) is 7.52. The normalized spacial score (nSPS) is 14.0. The average molecular weight is 377 g/mol. The predicted molar refractivity (Wildman–Crippen MR) is 97.5 cm³/mol. The first kappa shape index (κ1) is 20.7. The number of carbonyl (C=O) groups is 3. The summed E-state index contributed by atoms with van der Waals surface area (Å²) in [4.78, 5) is 37.4. The standard InChI is InChI=1S/C20H27NO6/c1-20(2,3)21(12-17(22)25-13-15-8-5-4-6-9-15)19(24)27-14-26-18(23)16-10-7-11-16/h4-6,8-9,16H,7,10-14H2,1-3H3. The lowest BCUT2D eigenvalue weighted by Crippen LogP contribution is -2.49. The van der Waals surface area contributed by atoms with Gasteiger partial charge in [0, 0.05) is 5.54 Å². The molecule has 0 bridgehead atoms. The van der Waals surface area contributed by atoms with Gasteiger partial charge in [0.15, 0.2) is 0 Å². The van der Waals surface area contributed by atoms with Crippen molar-refractivity contribution < 1.29 is 28.6 Å². The van der Waals surface area contributed by atoms with E-state index in [0.29, 0.717) is 0 Å². The Labute approximate surface area is 159 Å². The van der Waals surface area contributed by atoms with E-state index in [4.69, 9.17) is 14.2 Å². The van der Waals surface area contributed by atoms with Gasteiger partial charge in [0.2, 0.25) is 6.79 Å². The van der Waals surface area contributed by atoms with Crippen LogP contribution in [-0.2, 0) is 30.4 Å². The number of rotatable bonds is 7. The number of esters is 2. The van der Waals surface area contributed by atoms with Crippen LogP contribution in [0.4, 0.5) is 4.79 Å². The van der Waals surface area contributed by atoms with Crippen molar-refractivity contribution in [2.75, 3.05) is 13.3 Å². The minimum Gasteiger partial charge on any atom is -0.459 e. The van der Waals surface area contributed by atoms with Gasteiger partial charge in [-0.25, -0.2) is 4.79 Å². The summed E-state index contributed by atoms with van der Waals surface area (Å²) in [6, 6.07) is 9.28. The molecule has 1 saturated carbocycles. The quantitative estimate of drug-likeness (QED) is 0.536. The van der Waals surface area contributed by atoms with Crippen LogP contribution in [0.25, 0.3) is 0 Å². The monoisotopic (exact) mass is 377 g/mol. The highest BCUT2D eigenvalue weighted by Crippen LogP contribution is 2.27. The Morgan fingerprint density at radius 3 is 2.26 bits per heavy atom. The molecular formula is C20H27NO6. The SMILES string of the molecule is CC(C)(C)N(CC(=O)OCc1ccccc1)C(=O)OCOC(=O)C1CCC1. The minimum absolute atomic E-state index is 0.0876. The van der Waals surface area contributed by atoms with Crippen molar-refractivity contribution in [3.8, 4) is 0 Å². The van der Waals surface area contributed by atoms with E-state index in [1.807, 2.05) is 30.3 Å². The van der Waals surface area contributed by atoms with E-state index in [1.54, 1.807) is 20.8 Å². The number of ether oxygens (including phenoxy) is 3. The molecule has 0 saturated heterocycles. The second kappa shape index (κ2) is 9.39. The van der Waals surface area contributed by atoms with Gasteiger partial charge in [0.1, 0.15) is 13.2 Å². The molecule has 0 spiro atoms. The maximum absolute atomic E-state index is 12.3. The maximum Gasteiger partial charge on any atom is 0.413 e. The van der Waals surface area contributed by atoms with Crippen molar-refractivity contribution in [2.24, 2.45) is 5.92 Å². The molecule has 2 rings (SSSR count).